The summed E-state index contributed by atoms with van der Waals surface area (Å²) in [6, 6.07) is 11.9. The molecule has 0 aliphatic heterocycles. The molecule has 1 aromatic carbocycles. The molecule has 0 aliphatic rings. The summed E-state index contributed by atoms with van der Waals surface area (Å²) in [7, 11) is 0. The van der Waals surface area contributed by atoms with Crippen LogP contribution in [0.25, 0.3) is 0 Å². The molecular weight excluding hydrogens is 308 g/mol. The zero-order valence-electron chi connectivity index (χ0n) is 11.6. The molecule has 1 heterocycles. The summed E-state index contributed by atoms with van der Waals surface area (Å²) in [4.78, 5) is 22.3. The van der Waals surface area contributed by atoms with E-state index in [0.717, 1.165) is 18.1 Å². The SMILES string of the molecule is Clc1ccc(CNCc2cccnc2)cc1.O=C(O)C(=O)O. The van der Waals surface area contributed by atoms with Crippen LogP contribution in [0.1, 0.15) is 11.1 Å². The molecule has 0 saturated carbocycles. The highest BCUT2D eigenvalue weighted by Crippen LogP contribution is 2.09. The maximum Gasteiger partial charge on any atom is 0.414 e. The maximum absolute atomic E-state index is 9.10. The molecule has 0 amide bonds. The Kier molecular flexibility index (Phi) is 7.60. The van der Waals surface area contributed by atoms with Crippen molar-refractivity contribution >= 4 is 23.5 Å². The van der Waals surface area contributed by atoms with Crippen molar-refractivity contribution in [2.75, 3.05) is 0 Å². The van der Waals surface area contributed by atoms with Gasteiger partial charge >= 0.3 is 11.9 Å². The molecule has 6 nitrogen and oxygen atoms in total. The van der Waals surface area contributed by atoms with Crippen molar-refractivity contribution in [1.29, 1.82) is 0 Å². The van der Waals surface area contributed by atoms with E-state index in [4.69, 9.17) is 31.4 Å². The minimum Gasteiger partial charge on any atom is -0.473 e. The molecule has 0 atom stereocenters. The summed E-state index contributed by atoms with van der Waals surface area (Å²) in [5, 5.41) is 18.9. The molecule has 0 spiro atoms. The van der Waals surface area contributed by atoms with Crippen molar-refractivity contribution in [2.45, 2.75) is 13.1 Å². The van der Waals surface area contributed by atoms with E-state index in [1.54, 1.807) is 6.20 Å². The van der Waals surface area contributed by atoms with Crippen LogP contribution in [0.15, 0.2) is 48.8 Å². The first-order valence-electron chi connectivity index (χ1n) is 6.29. The summed E-state index contributed by atoms with van der Waals surface area (Å²) in [6.45, 7) is 1.67. The number of halogens is 1. The van der Waals surface area contributed by atoms with Crippen LogP contribution in [0.2, 0.25) is 5.02 Å². The van der Waals surface area contributed by atoms with Gasteiger partial charge in [0.15, 0.2) is 0 Å². The first-order chi connectivity index (χ1) is 10.5. The fourth-order valence-corrected chi connectivity index (χ4v) is 1.58. The number of pyridine rings is 1. The van der Waals surface area contributed by atoms with Crippen molar-refractivity contribution in [1.82, 2.24) is 10.3 Å². The second kappa shape index (κ2) is 9.49. The van der Waals surface area contributed by atoms with Gasteiger partial charge in [-0.2, -0.15) is 0 Å². The number of rotatable bonds is 4. The van der Waals surface area contributed by atoms with Crippen LogP contribution in [0.4, 0.5) is 0 Å². The van der Waals surface area contributed by atoms with E-state index in [1.165, 1.54) is 11.1 Å². The number of hydrogen-bond donors (Lipinski definition) is 3. The van der Waals surface area contributed by atoms with E-state index in [2.05, 4.69) is 16.4 Å². The van der Waals surface area contributed by atoms with E-state index in [9.17, 15) is 0 Å². The number of carboxylic acids is 2. The minimum atomic E-state index is -1.82. The van der Waals surface area contributed by atoms with Crippen LogP contribution < -0.4 is 5.32 Å². The van der Waals surface area contributed by atoms with E-state index < -0.39 is 11.9 Å². The smallest absolute Gasteiger partial charge is 0.414 e. The highest BCUT2D eigenvalue weighted by molar-refractivity contribution is 6.30. The van der Waals surface area contributed by atoms with Gasteiger partial charge in [-0.25, -0.2) is 9.59 Å². The molecular formula is C15H15ClN2O4. The average Bonchev–Trinajstić information content (AvgIpc) is 2.51. The van der Waals surface area contributed by atoms with Crippen LogP contribution >= 0.6 is 11.6 Å². The Morgan fingerprint density at radius 3 is 2.09 bits per heavy atom. The number of benzene rings is 1. The Bertz CT molecular complexity index is 591. The molecule has 0 saturated heterocycles. The molecule has 0 radical (unpaired) electrons. The molecule has 116 valence electrons. The van der Waals surface area contributed by atoms with Gasteiger partial charge in [0.2, 0.25) is 0 Å². The topological polar surface area (TPSA) is 99.5 Å². The first-order valence-corrected chi connectivity index (χ1v) is 6.67. The summed E-state index contributed by atoms with van der Waals surface area (Å²) in [6.07, 6.45) is 3.65. The normalized spacial score (nSPS) is 9.50. The van der Waals surface area contributed by atoms with Gasteiger partial charge in [0.25, 0.3) is 0 Å². The number of aliphatic carboxylic acids is 2. The van der Waals surface area contributed by atoms with Gasteiger partial charge in [-0.15, -0.1) is 0 Å². The Morgan fingerprint density at radius 1 is 1.00 bits per heavy atom. The Morgan fingerprint density at radius 2 is 1.59 bits per heavy atom. The number of nitrogens with zero attached hydrogens (tertiary/aromatic N) is 1. The van der Waals surface area contributed by atoms with Gasteiger partial charge in [-0.3, -0.25) is 4.98 Å². The van der Waals surface area contributed by atoms with E-state index in [-0.39, 0.29) is 0 Å². The summed E-state index contributed by atoms with van der Waals surface area (Å²) < 4.78 is 0. The van der Waals surface area contributed by atoms with Crippen LogP contribution in [-0.2, 0) is 22.7 Å². The van der Waals surface area contributed by atoms with Gasteiger partial charge in [0, 0.05) is 30.5 Å². The van der Waals surface area contributed by atoms with Gasteiger partial charge < -0.3 is 15.5 Å². The number of carbonyl (C=O) groups is 2. The number of carboxylic acid groups (broad SMARTS) is 2. The van der Waals surface area contributed by atoms with Crippen molar-refractivity contribution < 1.29 is 19.8 Å². The van der Waals surface area contributed by atoms with Crippen LogP contribution in [-0.4, -0.2) is 27.1 Å². The third kappa shape index (κ3) is 7.37. The lowest BCUT2D eigenvalue weighted by Crippen LogP contribution is -2.12. The zero-order chi connectivity index (χ0) is 16.4. The quantitative estimate of drug-likeness (QED) is 0.746. The number of nitrogens with one attached hydrogen (secondary N) is 1. The third-order valence-corrected chi connectivity index (χ3v) is 2.73. The fraction of sp³-hybridized carbons (Fsp3) is 0.133. The van der Waals surface area contributed by atoms with E-state index >= 15 is 0 Å². The number of hydrogen-bond acceptors (Lipinski definition) is 4. The van der Waals surface area contributed by atoms with Gasteiger partial charge in [0.1, 0.15) is 0 Å². The Labute approximate surface area is 132 Å². The minimum absolute atomic E-state index is 0.774. The zero-order valence-corrected chi connectivity index (χ0v) is 12.3. The molecule has 0 aliphatic carbocycles. The molecule has 3 N–H and O–H groups in total. The lowest BCUT2D eigenvalue weighted by Gasteiger charge is -2.04. The molecule has 0 fully saturated rings. The standard InChI is InChI=1S/C13H13ClN2.C2H2O4/c14-13-5-3-11(4-6-13)8-16-10-12-2-1-7-15-9-12;3-1(4)2(5)6/h1-7,9,16H,8,10H2;(H,3,4)(H,5,6). The molecule has 7 heteroatoms. The summed E-state index contributed by atoms with van der Waals surface area (Å²) in [5.74, 6) is -3.65. The fourth-order valence-electron chi connectivity index (χ4n) is 1.46. The van der Waals surface area contributed by atoms with Gasteiger partial charge in [-0.1, -0.05) is 29.8 Å². The molecule has 22 heavy (non-hydrogen) atoms. The van der Waals surface area contributed by atoms with Crippen molar-refractivity contribution in [3.05, 3.63) is 64.9 Å². The Hall–Kier alpha value is -2.44. The average molecular weight is 323 g/mol. The van der Waals surface area contributed by atoms with Crippen molar-refractivity contribution in [3.63, 3.8) is 0 Å². The van der Waals surface area contributed by atoms with Crippen LogP contribution in [0, 0.1) is 0 Å². The highest BCUT2D eigenvalue weighted by atomic mass is 35.5. The predicted molar refractivity (Wildman–Crippen MR) is 81.5 cm³/mol. The lowest BCUT2D eigenvalue weighted by atomic mass is 10.2. The maximum atomic E-state index is 9.10. The monoisotopic (exact) mass is 322 g/mol. The van der Waals surface area contributed by atoms with E-state index in [0.29, 0.717) is 0 Å². The first kappa shape index (κ1) is 17.6. The molecule has 1 aromatic heterocycles. The molecule has 2 rings (SSSR count). The second-order valence-corrected chi connectivity index (χ2v) is 4.64. The van der Waals surface area contributed by atoms with Crippen molar-refractivity contribution in [2.24, 2.45) is 0 Å². The second-order valence-electron chi connectivity index (χ2n) is 4.20. The largest absolute Gasteiger partial charge is 0.473 e. The van der Waals surface area contributed by atoms with Crippen LogP contribution in [0.5, 0.6) is 0 Å². The molecule has 0 unspecified atom stereocenters. The molecule has 0 bridgehead atoms. The van der Waals surface area contributed by atoms with Crippen LogP contribution in [0.3, 0.4) is 0 Å². The number of aromatic nitrogens is 1. The highest BCUT2D eigenvalue weighted by Gasteiger charge is 2.04. The van der Waals surface area contributed by atoms with Gasteiger partial charge in [0.05, 0.1) is 0 Å². The predicted octanol–water partition coefficient (Wildman–Crippen LogP) is 2.18. The molecule has 2 aromatic rings. The Balaban J connectivity index is 0.000000346. The lowest BCUT2D eigenvalue weighted by molar-refractivity contribution is -0.159. The van der Waals surface area contributed by atoms with Gasteiger partial charge in [-0.05, 0) is 29.3 Å². The van der Waals surface area contributed by atoms with E-state index in [1.807, 2.05) is 36.5 Å². The summed E-state index contributed by atoms with van der Waals surface area (Å²) >= 11 is 5.81. The third-order valence-electron chi connectivity index (χ3n) is 2.48. The summed E-state index contributed by atoms with van der Waals surface area (Å²) in [5.41, 5.74) is 2.42. The van der Waals surface area contributed by atoms with Crippen molar-refractivity contribution in [3.8, 4) is 0 Å².